The van der Waals surface area contributed by atoms with Crippen LogP contribution in [-0.2, 0) is 11.3 Å². The molecule has 0 spiro atoms. The fraction of sp³-hybridized carbons (Fsp3) is 0.391. The third-order valence-corrected chi connectivity index (χ3v) is 5.50. The monoisotopic (exact) mass is 430 g/mol. The molecular formula is C23H27FN2O5. The van der Waals surface area contributed by atoms with Crippen molar-refractivity contribution in [3.05, 3.63) is 59.4 Å². The first kappa shape index (κ1) is 22.6. The Morgan fingerprint density at radius 3 is 2.45 bits per heavy atom. The lowest BCUT2D eigenvalue weighted by atomic mass is 10.1. The molecule has 7 nitrogen and oxygen atoms in total. The Kier molecular flexibility index (Phi) is 7.12. The molecule has 1 N–H and O–H groups in total. The van der Waals surface area contributed by atoms with E-state index < -0.39 is 5.97 Å². The van der Waals surface area contributed by atoms with Gasteiger partial charge in [0.15, 0.2) is 6.61 Å². The van der Waals surface area contributed by atoms with Gasteiger partial charge in [-0.15, -0.1) is 0 Å². The zero-order chi connectivity index (χ0) is 22.5. The minimum atomic E-state index is -1.15. The number of nitrogens with zero attached hydrogens (tertiary/aromatic N) is 2. The van der Waals surface area contributed by atoms with E-state index >= 15 is 0 Å². The van der Waals surface area contributed by atoms with Crippen molar-refractivity contribution in [1.82, 2.24) is 9.80 Å². The number of aromatic carboxylic acids is 1. The topological polar surface area (TPSA) is 79.3 Å². The molecule has 2 atom stereocenters. The summed E-state index contributed by atoms with van der Waals surface area (Å²) in [6.07, 6.45) is 0. The highest BCUT2D eigenvalue weighted by Crippen LogP contribution is 2.25. The molecule has 0 radical (unpaired) electrons. The summed E-state index contributed by atoms with van der Waals surface area (Å²) in [5.41, 5.74) is 0.960. The molecule has 2 aromatic rings. The van der Waals surface area contributed by atoms with Gasteiger partial charge in [-0.25, -0.2) is 9.18 Å². The van der Waals surface area contributed by atoms with Gasteiger partial charge in [-0.3, -0.25) is 9.69 Å². The summed E-state index contributed by atoms with van der Waals surface area (Å²) < 4.78 is 23.7. The van der Waals surface area contributed by atoms with Crippen molar-refractivity contribution in [3.63, 3.8) is 0 Å². The third-order valence-electron chi connectivity index (χ3n) is 5.50. The molecule has 3 rings (SSSR count). The van der Waals surface area contributed by atoms with E-state index in [0.717, 1.165) is 5.56 Å². The number of benzene rings is 2. The summed E-state index contributed by atoms with van der Waals surface area (Å²) in [6, 6.07) is 11.0. The zero-order valence-electron chi connectivity index (χ0n) is 17.9. The fourth-order valence-corrected chi connectivity index (χ4v) is 3.74. The highest BCUT2D eigenvalue weighted by atomic mass is 19.1. The molecule has 0 saturated carbocycles. The standard InChI is InChI=1S/C23H27FN2O5/c1-15-12-26(16(2)11-25(15)13-17-4-6-18(24)7-5-17)22(27)14-31-21-9-8-19(30-3)10-20(21)23(28)29/h4-10,15-16H,11-14H2,1-3H3,(H,28,29). The minimum absolute atomic E-state index is 0.0393. The maximum absolute atomic E-state index is 13.1. The van der Waals surface area contributed by atoms with Crippen molar-refractivity contribution in [1.29, 1.82) is 0 Å². The maximum Gasteiger partial charge on any atom is 0.339 e. The first-order valence-electron chi connectivity index (χ1n) is 10.1. The van der Waals surface area contributed by atoms with Gasteiger partial charge in [-0.05, 0) is 49.7 Å². The van der Waals surface area contributed by atoms with Crippen LogP contribution in [0.2, 0.25) is 0 Å². The van der Waals surface area contributed by atoms with Crippen LogP contribution < -0.4 is 9.47 Å². The van der Waals surface area contributed by atoms with Crippen LogP contribution in [-0.4, -0.2) is 65.7 Å². The van der Waals surface area contributed by atoms with E-state index in [1.807, 2.05) is 13.8 Å². The van der Waals surface area contributed by atoms with Gasteiger partial charge in [0, 0.05) is 31.7 Å². The number of amides is 1. The minimum Gasteiger partial charge on any atom is -0.497 e. The summed E-state index contributed by atoms with van der Waals surface area (Å²) in [5, 5.41) is 9.38. The second-order valence-electron chi connectivity index (χ2n) is 7.76. The van der Waals surface area contributed by atoms with Crippen molar-refractivity contribution in [2.24, 2.45) is 0 Å². The Balaban J connectivity index is 1.60. The van der Waals surface area contributed by atoms with E-state index in [2.05, 4.69) is 4.90 Å². The quantitative estimate of drug-likeness (QED) is 0.728. The van der Waals surface area contributed by atoms with Crippen LogP contribution in [0.1, 0.15) is 29.8 Å². The van der Waals surface area contributed by atoms with Crippen LogP contribution in [0.15, 0.2) is 42.5 Å². The van der Waals surface area contributed by atoms with Gasteiger partial charge in [-0.1, -0.05) is 12.1 Å². The number of carbonyl (C=O) groups excluding carboxylic acids is 1. The fourth-order valence-electron chi connectivity index (χ4n) is 3.74. The molecule has 1 saturated heterocycles. The van der Waals surface area contributed by atoms with Crippen LogP contribution in [0, 0.1) is 5.82 Å². The molecule has 166 valence electrons. The van der Waals surface area contributed by atoms with Gasteiger partial charge in [0.25, 0.3) is 5.91 Å². The number of hydrogen-bond donors (Lipinski definition) is 1. The highest BCUT2D eigenvalue weighted by molar-refractivity contribution is 5.91. The largest absolute Gasteiger partial charge is 0.497 e. The maximum atomic E-state index is 13.1. The molecule has 1 amide bonds. The first-order valence-corrected chi connectivity index (χ1v) is 10.1. The Hall–Kier alpha value is -3.13. The van der Waals surface area contributed by atoms with Crippen LogP contribution in [0.3, 0.4) is 0 Å². The van der Waals surface area contributed by atoms with Gasteiger partial charge in [0.2, 0.25) is 0 Å². The average Bonchev–Trinajstić information content (AvgIpc) is 2.75. The number of methoxy groups -OCH3 is 1. The second kappa shape index (κ2) is 9.78. The van der Waals surface area contributed by atoms with E-state index in [1.165, 1.54) is 31.4 Å². The second-order valence-corrected chi connectivity index (χ2v) is 7.76. The molecule has 1 aliphatic heterocycles. The van der Waals surface area contributed by atoms with E-state index in [1.54, 1.807) is 23.1 Å². The van der Waals surface area contributed by atoms with Crippen LogP contribution in [0.25, 0.3) is 0 Å². The number of carbonyl (C=O) groups is 2. The third kappa shape index (κ3) is 5.52. The van der Waals surface area contributed by atoms with Crippen LogP contribution in [0.5, 0.6) is 11.5 Å². The summed E-state index contributed by atoms with van der Waals surface area (Å²) in [6.45, 7) is 5.64. The predicted octanol–water partition coefficient (Wildman–Crippen LogP) is 3.03. The molecule has 1 fully saturated rings. The molecule has 0 aliphatic carbocycles. The Labute approximate surface area is 181 Å². The molecule has 0 bridgehead atoms. The zero-order valence-corrected chi connectivity index (χ0v) is 17.9. The average molecular weight is 430 g/mol. The number of carboxylic acid groups (broad SMARTS) is 1. The van der Waals surface area contributed by atoms with Crippen LogP contribution >= 0.6 is 0 Å². The Morgan fingerprint density at radius 2 is 1.81 bits per heavy atom. The van der Waals surface area contributed by atoms with Crippen molar-refractivity contribution < 1.29 is 28.6 Å². The molecular weight excluding hydrogens is 403 g/mol. The molecule has 8 heteroatoms. The lowest BCUT2D eigenvalue weighted by Gasteiger charge is -2.44. The molecule has 0 aromatic heterocycles. The summed E-state index contributed by atoms with van der Waals surface area (Å²) in [4.78, 5) is 28.3. The predicted molar refractivity (Wildman–Crippen MR) is 113 cm³/mol. The number of carboxylic acids is 1. The molecule has 1 aliphatic rings. The summed E-state index contributed by atoms with van der Waals surface area (Å²) in [7, 11) is 1.45. The Bertz CT molecular complexity index is 934. The van der Waals surface area contributed by atoms with Crippen molar-refractivity contribution in [2.45, 2.75) is 32.5 Å². The van der Waals surface area contributed by atoms with Crippen molar-refractivity contribution >= 4 is 11.9 Å². The number of ether oxygens (including phenoxy) is 2. The van der Waals surface area contributed by atoms with Gasteiger partial charge >= 0.3 is 5.97 Å². The van der Waals surface area contributed by atoms with E-state index in [4.69, 9.17) is 9.47 Å². The molecule has 2 aromatic carbocycles. The van der Waals surface area contributed by atoms with Gasteiger partial charge in [0.05, 0.1) is 7.11 Å². The first-order chi connectivity index (χ1) is 14.8. The van der Waals surface area contributed by atoms with E-state index in [9.17, 15) is 19.1 Å². The van der Waals surface area contributed by atoms with E-state index in [-0.39, 0.29) is 41.7 Å². The lowest BCUT2D eigenvalue weighted by molar-refractivity contribution is -0.139. The van der Waals surface area contributed by atoms with E-state index in [0.29, 0.717) is 25.4 Å². The number of halogens is 1. The van der Waals surface area contributed by atoms with Crippen LogP contribution in [0.4, 0.5) is 4.39 Å². The highest BCUT2D eigenvalue weighted by Gasteiger charge is 2.32. The molecule has 31 heavy (non-hydrogen) atoms. The number of hydrogen-bond acceptors (Lipinski definition) is 5. The molecule has 1 heterocycles. The molecule has 2 unspecified atom stereocenters. The Morgan fingerprint density at radius 1 is 1.10 bits per heavy atom. The van der Waals surface area contributed by atoms with Gasteiger partial charge in [-0.2, -0.15) is 0 Å². The van der Waals surface area contributed by atoms with Crippen molar-refractivity contribution in [3.8, 4) is 11.5 Å². The lowest BCUT2D eigenvalue weighted by Crippen LogP contribution is -2.58. The number of rotatable bonds is 7. The summed E-state index contributed by atoms with van der Waals surface area (Å²) >= 11 is 0. The van der Waals surface area contributed by atoms with Gasteiger partial charge in [0.1, 0.15) is 22.9 Å². The summed E-state index contributed by atoms with van der Waals surface area (Å²) in [5.74, 6) is -1.10. The van der Waals surface area contributed by atoms with Crippen molar-refractivity contribution in [2.75, 3.05) is 26.8 Å². The smallest absolute Gasteiger partial charge is 0.339 e. The number of piperazine rings is 1. The normalized spacial score (nSPS) is 19.2. The SMILES string of the molecule is COc1ccc(OCC(=O)N2CC(C)N(Cc3ccc(F)cc3)CC2C)c(C(=O)O)c1. The van der Waals surface area contributed by atoms with Gasteiger partial charge < -0.3 is 19.5 Å².